The molecule has 7 nitrogen and oxygen atoms in total. The number of fused-ring (bicyclic) bond motifs is 1. The zero-order valence-corrected chi connectivity index (χ0v) is 12.7. The van der Waals surface area contributed by atoms with Crippen LogP contribution < -0.4 is 11.0 Å². The van der Waals surface area contributed by atoms with Crippen molar-refractivity contribution in [3.63, 3.8) is 0 Å². The SMILES string of the molecule is O=c1[nH]c2c(Nc3ccc(F)cc3F)ncnc2n1Cc1ccco1. The maximum atomic E-state index is 13.8. The number of nitrogens with one attached hydrogen (secondary N) is 2. The number of aromatic nitrogens is 4. The van der Waals surface area contributed by atoms with Crippen LogP contribution in [0, 0.1) is 11.6 Å². The normalized spacial score (nSPS) is 11.1. The highest BCUT2D eigenvalue weighted by Gasteiger charge is 2.15. The lowest BCUT2D eigenvalue weighted by Gasteiger charge is -2.07. The van der Waals surface area contributed by atoms with Gasteiger partial charge in [0.25, 0.3) is 0 Å². The Hall–Kier alpha value is -3.49. The minimum absolute atomic E-state index is 0.0287. The van der Waals surface area contributed by atoms with E-state index >= 15 is 0 Å². The Morgan fingerprint density at radius 2 is 2.12 bits per heavy atom. The summed E-state index contributed by atoms with van der Waals surface area (Å²) in [6, 6.07) is 6.57. The van der Waals surface area contributed by atoms with Crippen LogP contribution in [0.1, 0.15) is 5.76 Å². The molecule has 0 fully saturated rings. The van der Waals surface area contributed by atoms with Crippen LogP contribution in [0.25, 0.3) is 11.2 Å². The molecule has 25 heavy (non-hydrogen) atoms. The summed E-state index contributed by atoms with van der Waals surface area (Å²) in [7, 11) is 0. The third-order valence-electron chi connectivity index (χ3n) is 3.64. The molecule has 0 aliphatic heterocycles. The number of H-pyrrole nitrogens is 1. The molecule has 0 aliphatic carbocycles. The Balaban J connectivity index is 1.77. The summed E-state index contributed by atoms with van der Waals surface area (Å²) in [5.41, 5.74) is 0.264. The number of halogens is 2. The number of aromatic amines is 1. The van der Waals surface area contributed by atoms with Crippen molar-refractivity contribution in [1.29, 1.82) is 0 Å². The molecule has 0 saturated carbocycles. The molecule has 0 bridgehead atoms. The minimum atomic E-state index is -0.774. The highest BCUT2D eigenvalue weighted by Crippen LogP contribution is 2.23. The van der Waals surface area contributed by atoms with E-state index < -0.39 is 17.3 Å². The summed E-state index contributed by atoms with van der Waals surface area (Å²) in [5, 5.41) is 2.74. The number of anilines is 2. The summed E-state index contributed by atoms with van der Waals surface area (Å²) in [5.74, 6) is -0.676. The van der Waals surface area contributed by atoms with Crippen LogP contribution in [-0.4, -0.2) is 19.5 Å². The van der Waals surface area contributed by atoms with E-state index in [0.717, 1.165) is 12.1 Å². The molecule has 0 amide bonds. The number of furan rings is 1. The van der Waals surface area contributed by atoms with E-state index in [9.17, 15) is 13.6 Å². The van der Waals surface area contributed by atoms with E-state index in [4.69, 9.17) is 4.42 Å². The number of hydrogen-bond acceptors (Lipinski definition) is 5. The van der Waals surface area contributed by atoms with Crippen LogP contribution in [0.3, 0.4) is 0 Å². The zero-order chi connectivity index (χ0) is 17.4. The van der Waals surface area contributed by atoms with Crippen molar-refractivity contribution >= 4 is 22.7 Å². The first-order valence-corrected chi connectivity index (χ1v) is 7.30. The van der Waals surface area contributed by atoms with Crippen molar-refractivity contribution in [1.82, 2.24) is 19.5 Å². The van der Waals surface area contributed by atoms with Gasteiger partial charge in [0.05, 0.1) is 18.5 Å². The lowest BCUT2D eigenvalue weighted by Crippen LogP contribution is -2.17. The predicted octanol–water partition coefficient (Wildman–Crippen LogP) is 2.78. The maximum absolute atomic E-state index is 13.8. The van der Waals surface area contributed by atoms with Gasteiger partial charge in [0.1, 0.15) is 29.2 Å². The molecule has 2 N–H and O–H groups in total. The molecule has 4 aromatic rings. The van der Waals surface area contributed by atoms with Gasteiger partial charge in [-0.05, 0) is 24.3 Å². The summed E-state index contributed by atoms with van der Waals surface area (Å²) in [6.45, 7) is 0.188. The fourth-order valence-corrected chi connectivity index (χ4v) is 2.48. The lowest BCUT2D eigenvalue weighted by molar-refractivity contribution is 0.492. The molecule has 0 saturated heterocycles. The van der Waals surface area contributed by atoms with Crippen molar-refractivity contribution < 1.29 is 13.2 Å². The molecule has 126 valence electrons. The van der Waals surface area contributed by atoms with Crippen LogP contribution >= 0.6 is 0 Å². The number of imidazole rings is 1. The first kappa shape index (κ1) is 15.1. The van der Waals surface area contributed by atoms with Gasteiger partial charge in [-0.1, -0.05) is 0 Å². The number of benzene rings is 1. The first-order valence-electron chi connectivity index (χ1n) is 7.30. The average Bonchev–Trinajstić information content (AvgIpc) is 3.20. The predicted molar refractivity (Wildman–Crippen MR) is 85.6 cm³/mol. The molecule has 3 heterocycles. The highest BCUT2D eigenvalue weighted by molar-refractivity contribution is 5.85. The molecule has 0 unspecified atom stereocenters. The fourth-order valence-electron chi connectivity index (χ4n) is 2.48. The van der Waals surface area contributed by atoms with Gasteiger partial charge in [0.15, 0.2) is 11.5 Å². The Bertz CT molecular complexity index is 1100. The van der Waals surface area contributed by atoms with Crippen molar-refractivity contribution in [2.24, 2.45) is 0 Å². The van der Waals surface area contributed by atoms with Gasteiger partial charge in [0.2, 0.25) is 0 Å². The second kappa shape index (κ2) is 5.86. The maximum Gasteiger partial charge on any atom is 0.328 e. The Morgan fingerprint density at radius 3 is 2.88 bits per heavy atom. The van der Waals surface area contributed by atoms with Gasteiger partial charge in [-0.3, -0.25) is 4.57 Å². The van der Waals surface area contributed by atoms with E-state index in [0.29, 0.717) is 16.9 Å². The fraction of sp³-hybridized carbons (Fsp3) is 0.0625. The van der Waals surface area contributed by atoms with Crippen molar-refractivity contribution in [2.75, 3.05) is 5.32 Å². The van der Waals surface area contributed by atoms with Crippen LogP contribution in [-0.2, 0) is 6.54 Å². The second-order valence-electron chi connectivity index (χ2n) is 5.27. The smallest absolute Gasteiger partial charge is 0.328 e. The molecule has 0 atom stereocenters. The zero-order valence-electron chi connectivity index (χ0n) is 12.7. The minimum Gasteiger partial charge on any atom is -0.467 e. The number of hydrogen-bond donors (Lipinski definition) is 2. The lowest BCUT2D eigenvalue weighted by atomic mass is 10.3. The summed E-state index contributed by atoms with van der Waals surface area (Å²) < 4.78 is 33.5. The van der Waals surface area contributed by atoms with Crippen molar-refractivity contribution in [3.05, 3.63) is 70.8 Å². The number of nitrogens with zero attached hydrogens (tertiary/aromatic N) is 3. The topological polar surface area (TPSA) is 88.7 Å². The van der Waals surface area contributed by atoms with Gasteiger partial charge >= 0.3 is 5.69 Å². The van der Waals surface area contributed by atoms with Gasteiger partial charge in [0, 0.05) is 6.07 Å². The van der Waals surface area contributed by atoms with Gasteiger partial charge in [-0.25, -0.2) is 23.5 Å². The third kappa shape index (κ3) is 2.75. The van der Waals surface area contributed by atoms with Gasteiger partial charge in [-0.2, -0.15) is 0 Å². The van der Waals surface area contributed by atoms with E-state index in [1.165, 1.54) is 23.2 Å². The third-order valence-corrected chi connectivity index (χ3v) is 3.64. The molecule has 0 aliphatic rings. The van der Waals surface area contributed by atoms with Crippen LogP contribution in [0.2, 0.25) is 0 Å². The molecule has 9 heteroatoms. The first-order chi connectivity index (χ1) is 12.1. The summed E-state index contributed by atoms with van der Waals surface area (Å²) >= 11 is 0. The van der Waals surface area contributed by atoms with E-state index in [-0.39, 0.29) is 18.1 Å². The van der Waals surface area contributed by atoms with Crippen molar-refractivity contribution in [2.45, 2.75) is 6.54 Å². The Kier molecular flexibility index (Phi) is 3.53. The van der Waals surface area contributed by atoms with Crippen LogP contribution in [0.5, 0.6) is 0 Å². The molecule has 1 aromatic carbocycles. The number of rotatable bonds is 4. The van der Waals surface area contributed by atoms with Crippen molar-refractivity contribution in [3.8, 4) is 0 Å². The molecule has 4 rings (SSSR count). The molecule has 3 aromatic heterocycles. The standard InChI is InChI=1S/C16H11F2N5O2/c17-9-3-4-12(11(18)6-9)21-14-13-15(20-8-19-14)23(16(24)22-13)7-10-2-1-5-25-10/h1-6,8H,7H2,(H,22,24)(H,19,20,21). The average molecular weight is 343 g/mol. The van der Waals surface area contributed by atoms with E-state index in [2.05, 4.69) is 20.3 Å². The van der Waals surface area contributed by atoms with E-state index in [1.54, 1.807) is 12.1 Å². The van der Waals surface area contributed by atoms with Crippen LogP contribution in [0.15, 0.2) is 52.1 Å². The van der Waals surface area contributed by atoms with Gasteiger partial charge in [-0.15, -0.1) is 0 Å². The molecular formula is C16H11F2N5O2. The quantitative estimate of drug-likeness (QED) is 0.595. The largest absolute Gasteiger partial charge is 0.467 e. The second-order valence-corrected chi connectivity index (χ2v) is 5.27. The molecule has 0 spiro atoms. The molecular weight excluding hydrogens is 332 g/mol. The van der Waals surface area contributed by atoms with Gasteiger partial charge < -0.3 is 14.7 Å². The summed E-state index contributed by atoms with van der Waals surface area (Å²) in [6.07, 6.45) is 2.76. The van der Waals surface area contributed by atoms with E-state index in [1.807, 2.05) is 0 Å². The van der Waals surface area contributed by atoms with Crippen LogP contribution in [0.4, 0.5) is 20.3 Å². The Morgan fingerprint density at radius 1 is 1.24 bits per heavy atom. The summed E-state index contributed by atoms with van der Waals surface area (Å²) in [4.78, 5) is 23.0. The Labute approximate surface area is 139 Å². The monoisotopic (exact) mass is 343 g/mol. The highest BCUT2D eigenvalue weighted by atomic mass is 19.1. The molecule has 0 radical (unpaired) electrons.